The minimum Gasteiger partial charge on any atom is -0.367 e. The van der Waals surface area contributed by atoms with E-state index < -0.39 is 0 Å². The normalized spacial score (nSPS) is 10.5. The van der Waals surface area contributed by atoms with Crippen LogP contribution in [0.3, 0.4) is 0 Å². The summed E-state index contributed by atoms with van der Waals surface area (Å²) >= 11 is 0. The van der Waals surface area contributed by atoms with Gasteiger partial charge in [-0.05, 0) is 13.8 Å². The maximum absolute atomic E-state index is 11.7. The zero-order chi connectivity index (χ0) is 12.3. The van der Waals surface area contributed by atoms with Gasteiger partial charge in [0.15, 0.2) is 11.3 Å². The van der Waals surface area contributed by atoms with Crippen molar-refractivity contribution in [1.82, 2.24) is 19.7 Å². The third-order valence-corrected chi connectivity index (χ3v) is 2.47. The summed E-state index contributed by atoms with van der Waals surface area (Å²) in [6.45, 7) is 5.46. The van der Waals surface area contributed by atoms with Crippen molar-refractivity contribution in [2.24, 2.45) is 0 Å². The summed E-state index contributed by atoms with van der Waals surface area (Å²) in [5.41, 5.74) is 0.472. The third kappa shape index (κ3) is 2.06. The van der Waals surface area contributed by atoms with Crippen LogP contribution in [0.25, 0.3) is 11.4 Å². The van der Waals surface area contributed by atoms with Gasteiger partial charge in [-0.15, -0.1) is 10.2 Å². The lowest BCUT2D eigenvalue weighted by molar-refractivity contribution is 0.769. The third-order valence-electron chi connectivity index (χ3n) is 2.47. The molecule has 2 rings (SSSR count). The van der Waals surface area contributed by atoms with Gasteiger partial charge in [-0.25, -0.2) is 0 Å². The zero-order valence-corrected chi connectivity index (χ0v) is 9.90. The minimum atomic E-state index is -0.0612. The predicted octanol–water partition coefficient (Wildman–Crippen LogP) is 1.09. The highest BCUT2D eigenvalue weighted by Gasteiger charge is 2.13. The number of rotatable bonds is 4. The van der Waals surface area contributed by atoms with Gasteiger partial charge < -0.3 is 10.3 Å². The summed E-state index contributed by atoms with van der Waals surface area (Å²) in [5.74, 6) is 1.28. The molecule has 0 saturated heterocycles. The van der Waals surface area contributed by atoms with Crippen LogP contribution in [0.1, 0.15) is 13.8 Å². The minimum absolute atomic E-state index is 0.0612. The Morgan fingerprint density at radius 3 is 2.88 bits per heavy atom. The van der Waals surface area contributed by atoms with E-state index in [1.165, 1.54) is 6.07 Å². The van der Waals surface area contributed by atoms with E-state index in [-0.39, 0.29) is 5.43 Å². The summed E-state index contributed by atoms with van der Waals surface area (Å²) < 4.78 is 1.88. The Labute approximate surface area is 98.7 Å². The number of nitrogens with one attached hydrogen (secondary N) is 2. The fourth-order valence-corrected chi connectivity index (χ4v) is 1.68. The van der Waals surface area contributed by atoms with Crippen LogP contribution in [0.4, 0.5) is 5.95 Å². The number of pyridine rings is 1. The Morgan fingerprint density at radius 1 is 1.41 bits per heavy atom. The Balaban J connectivity index is 2.53. The van der Waals surface area contributed by atoms with E-state index in [4.69, 9.17) is 0 Å². The molecule has 90 valence electrons. The van der Waals surface area contributed by atoms with Crippen LogP contribution in [0.5, 0.6) is 0 Å². The van der Waals surface area contributed by atoms with Crippen LogP contribution >= 0.6 is 0 Å². The summed E-state index contributed by atoms with van der Waals surface area (Å²) in [6.07, 6.45) is 3.25. The van der Waals surface area contributed by atoms with Gasteiger partial charge in [-0.3, -0.25) is 9.36 Å². The fraction of sp³-hybridized carbons (Fsp3) is 0.364. The van der Waals surface area contributed by atoms with Crippen molar-refractivity contribution >= 4 is 5.95 Å². The Morgan fingerprint density at radius 2 is 2.24 bits per heavy atom. The predicted molar refractivity (Wildman–Crippen MR) is 65.9 cm³/mol. The number of anilines is 1. The van der Waals surface area contributed by atoms with Crippen molar-refractivity contribution in [3.05, 3.63) is 28.7 Å². The molecule has 2 aromatic heterocycles. The first kappa shape index (κ1) is 11.4. The first-order valence-corrected chi connectivity index (χ1v) is 5.62. The topological polar surface area (TPSA) is 75.6 Å². The molecule has 2 heterocycles. The lowest BCUT2D eigenvalue weighted by atomic mass is 10.2. The van der Waals surface area contributed by atoms with Crippen LogP contribution in [0, 0.1) is 0 Å². The van der Waals surface area contributed by atoms with Gasteiger partial charge in [0, 0.05) is 31.5 Å². The van der Waals surface area contributed by atoms with Crippen molar-refractivity contribution in [2.75, 3.05) is 11.9 Å². The molecular weight excluding hydrogens is 218 g/mol. The maximum Gasteiger partial charge on any atom is 0.224 e. The molecule has 0 spiro atoms. The molecule has 2 aromatic rings. The SMILES string of the molecule is CCNc1nnc(-c2c[nH]ccc2=O)n1CC. The molecule has 6 heteroatoms. The molecule has 0 bridgehead atoms. The standard InChI is InChI=1S/C11H15N5O/c1-3-13-11-15-14-10(16(11)4-2)8-7-12-6-5-9(8)17/h5-7H,3-4H2,1-2H3,(H,12,17)(H,13,15). The second-order valence-corrected chi connectivity index (χ2v) is 3.54. The van der Waals surface area contributed by atoms with E-state index >= 15 is 0 Å². The summed E-state index contributed by atoms with van der Waals surface area (Å²) in [5, 5.41) is 11.2. The largest absolute Gasteiger partial charge is 0.367 e. The highest BCUT2D eigenvalue weighted by atomic mass is 16.1. The number of aromatic nitrogens is 4. The van der Waals surface area contributed by atoms with Gasteiger partial charge in [-0.1, -0.05) is 0 Å². The Kier molecular flexibility index (Phi) is 3.22. The average Bonchev–Trinajstić information content (AvgIpc) is 2.73. The van der Waals surface area contributed by atoms with Crippen molar-refractivity contribution in [1.29, 1.82) is 0 Å². The van der Waals surface area contributed by atoms with Crippen LogP contribution in [0.2, 0.25) is 0 Å². The van der Waals surface area contributed by atoms with Crippen molar-refractivity contribution < 1.29 is 0 Å². The molecule has 0 aromatic carbocycles. The molecule has 0 saturated carbocycles. The molecule has 2 N–H and O–H groups in total. The van der Waals surface area contributed by atoms with E-state index in [9.17, 15) is 4.79 Å². The first-order chi connectivity index (χ1) is 8.27. The van der Waals surface area contributed by atoms with E-state index in [1.807, 2.05) is 18.4 Å². The van der Waals surface area contributed by atoms with Gasteiger partial charge in [0.2, 0.25) is 5.95 Å². The zero-order valence-electron chi connectivity index (χ0n) is 9.90. The molecular formula is C11H15N5O. The molecule has 0 amide bonds. The number of H-pyrrole nitrogens is 1. The van der Waals surface area contributed by atoms with E-state index in [0.29, 0.717) is 23.9 Å². The molecule has 0 aliphatic heterocycles. The molecule has 0 atom stereocenters. The maximum atomic E-state index is 11.7. The lowest BCUT2D eigenvalue weighted by Gasteiger charge is -2.07. The lowest BCUT2D eigenvalue weighted by Crippen LogP contribution is -2.10. The van der Waals surface area contributed by atoms with Gasteiger partial charge in [0.25, 0.3) is 0 Å². The smallest absolute Gasteiger partial charge is 0.224 e. The molecule has 0 fully saturated rings. The van der Waals surface area contributed by atoms with Crippen molar-refractivity contribution in [3.8, 4) is 11.4 Å². The van der Waals surface area contributed by atoms with Crippen molar-refractivity contribution in [2.45, 2.75) is 20.4 Å². The number of hydrogen-bond donors (Lipinski definition) is 2. The molecule has 6 nitrogen and oxygen atoms in total. The number of aromatic amines is 1. The van der Waals surface area contributed by atoms with Crippen molar-refractivity contribution in [3.63, 3.8) is 0 Å². The summed E-state index contributed by atoms with van der Waals surface area (Å²) in [6, 6.07) is 1.48. The van der Waals surface area contributed by atoms with E-state index in [1.54, 1.807) is 12.4 Å². The first-order valence-electron chi connectivity index (χ1n) is 5.62. The highest BCUT2D eigenvalue weighted by Crippen LogP contribution is 2.16. The van der Waals surface area contributed by atoms with Gasteiger partial charge in [-0.2, -0.15) is 0 Å². The van der Waals surface area contributed by atoms with Gasteiger partial charge in [0.1, 0.15) is 0 Å². The Bertz CT molecular complexity index is 557. The molecule has 0 radical (unpaired) electrons. The summed E-state index contributed by atoms with van der Waals surface area (Å²) in [7, 11) is 0. The Hall–Kier alpha value is -2.11. The average molecular weight is 233 g/mol. The second-order valence-electron chi connectivity index (χ2n) is 3.54. The van der Waals surface area contributed by atoms with Crippen LogP contribution in [-0.4, -0.2) is 26.3 Å². The molecule has 17 heavy (non-hydrogen) atoms. The number of nitrogens with zero attached hydrogens (tertiary/aromatic N) is 3. The van der Waals surface area contributed by atoms with Gasteiger partial charge >= 0.3 is 0 Å². The van der Waals surface area contributed by atoms with E-state index in [2.05, 4.69) is 20.5 Å². The van der Waals surface area contributed by atoms with Crippen LogP contribution < -0.4 is 10.7 Å². The van der Waals surface area contributed by atoms with Gasteiger partial charge in [0.05, 0.1) is 5.56 Å². The van der Waals surface area contributed by atoms with E-state index in [0.717, 1.165) is 6.54 Å². The van der Waals surface area contributed by atoms with Crippen LogP contribution in [-0.2, 0) is 6.54 Å². The highest BCUT2D eigenvalue weighted by molar-refractivity contribution is 5.55. The summed E-state index contributed by atoms with van der Waals surface area (Å²) in [4.78, 5) is 14.6. The quantitative estimate of drug-likeness (QED) is 0.828. The fourth-order valence-electron chi connectivity index (χ4n) is 1.68. The monoisotopic (exact) mass is 233 g/mol. The van der Waals surface area contributed by atoms with Crippen LogP contribution in [0.15, 0.2) is 23.3 Å². The molecule has 0 unspecified atom stereocenters. The number of hydrogen-bond acceptors (Lipinski definition) is 4. The second kappa shape index (κ2) is 4.82. The molecule has 0 aliphatic carbocycles. The molecule has 0 aliphatic rings.